The molecule has 2 rings (SSSR count). The number of rotatable bonds is 2. The standard InChI is InChI=1S/C14H11FINO/c1-9-2-7-13(12(16)8-9)17-14(18)10-3-5-11(15)6-4-10/h2-8H,1H3,(H,17,18). The molecule has 0 aliphatic carbocycles. The van der Waals surface area contributed by atoms with E-state index >= 15 is 0 Å². The molecule has 0 saturated carbocycles. The van der Waals surface area contributed by atoms with Crippen molar-refractivity contribution in [3.8, 4) is 0 Å². The average molecular weight is 355 g/mol. The summed E-state index contributed by atoms with van der Waals surface area (Å²) in [4.78, 5) is 11.9. The number of carbonyl (C=O) groups excluding carboxylic acids is 1. The van der Waals surface area contributed by atoms with Gasteiger partial charge in [-0.2, -0.15) is 0 Å². The summed E-state index contributed by atoms with van der Waals surface area (Å²) in [6.45, 7) is 1.99. The lowest BCUT2D eigenvalue weighted by Crippen LogP contribution is -2.12. The van der Waals surface area contributed by atoms with Gasteiger partial charge in [-0.15, -0.1) is 0 Å². The van der Waals surface area contributed by atoms with Crippen molar-refractivity contribution in [2.75, 3.05) is 5.32 Å². The van der Waals surface area contributed by atoms with Gasteiger partial charge in [0, 0.05) is 9.13 Å². The zero-order valence-electron chi connectivity index (χ0n) is 9.71. The quantitative estimate of drug-likeness (QED) is 0.811. The highest BCUT2D eigenvalue weighted by molar-refractivity contribution is 14.1. The second-order valence-electron chi connectivity index (χ2n) is 3.94. The summed E-state index contributed by atoms with van der Waals surface area (Å²) in [6.07, 6.45) is 0. The topological polar surface area (TPSA) is 29.1 Å². The van der Waals surface area contributed by atoms with Crippen LogP contribution in [-0.4, -0.2) is 5.91 Å². The Morgan fingerprint density at radius 2 is 1.83 bits per heavy atom. The van der Waals surface area contributed by atoms with E-state index < -0.39 is 0 Å². The number of nitrogens with one attached hydrogen (secondary N) is 1. The average Bonchev–Trinajstić information content (AvgIpc) is 2.33. The van der Waals surface area contributed by atoms with Gasteiger partial charge in [0.1, 0.15) is 5.82 Å². The minimum atomic E-state index is -0.350. The molecular formula is C14H11FINO. The molecule has 1 amide bonds. The molecule has 92 valence electrons. The molecule has 2 nitrogen and oxygen atoms in total. The maximum absolute atomic E-state index is 12.8. The first-order valence-electron chi connectivity index (χ1n) is 5.39. The molecule has 0 atom stereocenters. The molecule has 0 saturated heterocycles. The van der Waals surface area contributed by atoms with Crippen molar-refractivity contribution in [2.45, 2.75) is 6.92 Å². The summed E-state index contributed by atoms with van der Waals surface area (Å²) in [5.41, 5.74) is 2.34. The fourth-order valence-electron chi connectivity index (χ4n) is 1.52. The molecule has 0 unspecified atom stereocenters. The predicted octanol–water partition coefficient (Wildman–Crippen LogP) is 3.99. The zero-order valence-corrected chi connectivity index (χ0v) is 11.9. The Morgan fingerprint density at radius 3 is 2.44 bits per heavy atom. The third-order valence-corrected chi connectivity index (χ3v) is 3.37. The molecule has 0 aromatic heterocycles. The van der Waals surface area contributed by atoms with Crippen LogP contribution in [0.1, 0.15) is 15.9 Å². The number of hydrogen-bond acceptors (Lipinski definition) is 1. The molecule has 2 aromatic rings. The van der Waals surface area contributed by atoms with Gasteiger partial charge in [0.15, 0.2) is 0 Å². The predicted molar refractivity (Wildman–Crippen MR) is 78.2 cm³/mol. The molecule has 1 N–H and O–H groups in total. The van der Waals surface area contributed by atoms with Gasteiger partial charge in [-0.1, -0.05) is 6.07 Å². The molecule has 0 heterocycles. The number of hydrogen-bond donors (Lipinski definition) is 1. The largest absolute Gasteiger partial charge is 0.321 e. The Bertz CT molecular complexity index is 581. The van der Waals surface area contributed by atoms with E-state index in [-0.39, 0.29) is 11.7 Å². The van der Waals surface area contributed by atoms with Crippen LogP contribution >= 0.6 is 22.6 Å². The lowest BCUT2D eigenvalue weighted by atomic mass is 10.2. The highest BCUT2D eigenvalue weighted by Gasteiger charge is 2.08. The van der Waals surface area contributed by atoms with Crippen LogP contribution in [0.2, 0.25) is 0 Å². The van der Waals surface area contributed by atoms with Crippen LogP contribution in [0.3, 0.4) is 0 Å². The monoisotopic (exact) mass is 355 g/mol. The van der Waals surface area contributed by atoms with Gasteiger partial charge in [0.25, 0.3) is 5.91 Å². The van der Waals surface area contributed by atoms with Crippen molar-refractivity contribution in [3.63, 3.8) is 0 Å². The maximum Gasteiger partial charge on any atom is 0.255 e. The number of benzene rings is 2. The van der Waals surface area contributed by atoms with E-state index in [2.05, 4.69) is 27.9 Å². The van der Waals surface area contributed by atoms with Crippen LogP contribution in [0.5, 0.6) is 0 Å². The fourth-order valence-corrected chi connectivity index (χ4v) is 2.32. The summed E-state index contributed by atoms with van der Waals surface area (Å²) >= 11 is 2.17. The summed E-state index contributed by atoms with van der Waals surface area (Å²) < 4.78 is 13.7. The minimum absolute atomic E-state index is 0.239. The normalized spacial score (nSPS) is 10.2. The molecule has 0 radical (unpaired) electrons. The van der Waals surface area contributed by atoms with Crippen LogP contribution < -0.4 is 5.32 Å². The molecular weight excluding hydrogens is 344 g/mol. The fraction of sp³-hybridized carbons (Fsp3) is 0.0714. The van der Waals surface area contributed by atoms with Crippen molar-refractivity contribution in [2.24, 2.45) is 0 Å². The first kappa shape index (κ1) is 13.0. The lowest BCUT2D eigenvalue weighted by molar-refractivity contribution is 0.102. The van der Waals surface area contributed by atoms with E-state index in [4.69, 9.17) is 0 Å². The molecule has 0 spiro atoms. The lowest BCUT2D eigenvalue weighted by Gasteiger charge is -2.08. The van der Waals surface area contributed by atoms with Gasteiger partial charge in [0.05, 0.1) is 5.69 Å². The second kappa shape index (κ2) is 5.48. The van der Waals surface area contributed by atoms with Gasteiger partial charge in [0.2, 0.25) is 0 Å². The maximum atomic E-state index is 12.8. The summed E-state index contributed by atoms with van der Waals surface area (Å²) in [6, 6.07) is 11.3. The summed E-state index contributed by atoms with van der Waals surface area (Å²) in [7, 11) is 0. The van der Waals surface area contributed by atoms with Crippen LogP contribution in [0.25, 0.3) is 0 Å². The Kier molecular flexibility index (Phi) is 3.96. The number of aryl methyl sites for hydroxylation is 1. The molecule has 18 heavy (non-hydrogen) atoms. The van der Waals surface area contributed by atoms with E-state index in [1.165, 1.54) is 24.3 Å². The van der Waals surface area contributed by atoms with Crippen molar-refractivity contribution in [1.82, 2.24) is 0 Å². The first-order valence-corrected chi connectivity index (χ1v) is 6.47. The number of halogens is 2. The van der Waals surface area contributed by atoms with Crippen molar-refractivity contribution < 1.29 is 9.18 Å². The Hall–Kier alpha value is -1.43. The minimum Gasteiger partial charge on any atom is -0.321 e. The van der Waals surface area contributed by atoms with Gasteiger partial charge in [-0.25, -0.2) is 4.39 Å². The third kappa shape index (κ3) is 3.07. The molecule has 0 bridgehead atoms. The van der Waals surface area contributed by atoms with Gasteiger partial charge >= 0.3 is 0 Å². The van der Waals surface area contributed by atoms with Crippen LogP contribution in [0.4, 0.5) is 10.1 Å². The molecule has 0 fully saturated rings. The van der Waals surface area contributed by atoms with E-state index in [0.717, 1.165) is 14.8 Å². The number of carbonyl (C=O) groups is 1. The van der Waals surface area contributed by atoms with Crippen LogP contribution in [0, 0.1) is 16.3 Å². The highest BCUT2D eigenvalue weighted by atomic mass is 127. The smallest absolute Gasteiger partial charge is 0.255 e. The Labute approximate surface area is 118 Å². The van der Waals surface area contributed by atoms with Crippen LogP contribution in [0.15, 0.2) is 42.5 Å². The molecule has 0 aliphatic heterocycles. The second-order valence-corrected chi connectivity index (χ2v) is 5.11. The Morgan fingerprint density at radius 1 is 1.17 bits per heavy atom. The van der Waals surface area contributed by atoms with E-state index in [9.17, 15) is 9.18 Å². The van der Waals surface area contributed by atoms with E-state index in [1.807, 2.05) is 25.1 Å². The van der Waals surface area contributed by atoms with Crippen molar-refractivity contribution >= 4 is 34.2 Å². The Balaban J connectivity index is 2.18. The SMILES string of the molecule is Cc1ccc(NC(=O)c2ccc(F)cc2)c(I)c1. The van der Waals surface area contributed by atoms with Gasteiger partial charge in [-0.05, 0) is 71.5 Å². The number of anilines is 1. The van der Waals surface area contributed by atoms with Crippen molar-refractivity contribution in [1.29, 1.82) is 0 Å². The van der Waals surface area contributed by atoms with Gasteiger partial charge < -0.3 is 5.32 Å². The first-order chi connectivity index (χ1) is 8.56. The summed E-state index contributed by atoms with van der Waals surface area (Å²) in [5.74, 6) is -0.590. The highest BCUT2D eigenvalue weighted by Crippen LogP contribution is 2.20. The van der Waals surface area contributed by atoms with E-state index in [0.29, 0.717) is 5.56 Å². The third-order valence-electron chi connectivity index (χ3n) is 2.48. The van der Waals surface area contributed by atoms with Crippen LogP contribution in [-0.2, 0) is 0 Å². The van der Waals surface area contributed by atoms with Crippen molar-refractivity contribution in [3.05, 3.63) is 63.0 Å². The van der Waals surface area contributed by atoms with Gasteiger partial charge in [-0.3, -0.25) is 4.79 Å². The molecule has 4 heteroatoms. The van der Waals surface area contributed by atoms with E-state index in [1.54, 1.807) is 0 Å². The zero-order chi connectivity index (χ0) is 13.1. The number of amides is 1. The summed E-state index contributed by atoms with van der Waals surface area (Å²) in [5, 5.41) is 2.80. The molecule has 0 aliphatic rings. The molecule has 2 aromatic carbocycles.